The maximum atomic E-state index is 13.2. The number of amides is 2. The minimum absolute atomic E-state index is 0.000170. The van der Waals surface area contributed by atoms with Crippen molar-refractivity contribution in [1.82, 2.24) is 25.1 Å². The Morgan fingerprint density at radius 2 is 1.39 bits per heavy atom. The molecule has 172 valence electrons. The van der Waals surface area contributed by atoms with Gasteiger partial charge in [-0.25, -0.2) is 14.4 Å². The third-order valence-corrected chi connectivity index (χ3v) is 5.05. The van der Waals surface area contributed by atoms with E-state index in [4.69, 9.17) is 0 Å². The van der Waals surface area contributed by atoms with Gasteiger partial charge in [-0.05, 0) is 49.8 Å². The van der Waals surface area contributed by atoms with Crippen molar-refractivity contribution in [2.24, 2.45) is 0 Å². The average Bonchev–Trinajstić information content (AvgIpc) is 2.82. The van der Waals surface area contributed by atoms with Crippen LogP contribution in [0, 0.1) is 5.82 Å². The minimum Gasteiger partial charge on any atom is -0.347 e. The highest BCUT2D eigenvalue weighted by molar-refractivity contribution is 6.04. The maximum absolute atomic E-state index is 13.2. The Hall–Kier alpha value is -3.65. The SMILES string of the molecule is CCN(Cc1ccc(CN(C)C)cc1)C(=O)c1nccnc1C(=O)NCc1ccc(F)cc1. The van der Waals surface area contributed by atoms with E-state index in [1.54, 1.807) is 17.0 Å². The van der Waals surface area contributed by atoms with Crippen LogP contribution in [0.1, 0.15) is 44.6 Å². The topological polar surface area (TPSA) is 78.4 Å². The van der Waals surface area contributed by atoms with E-state index in [1.165, 1.54) is 30.1 Å². The number of halogens is 1. The summed E-state index contributed by atoms with van der Waals surface area (Å²) in [5.74, 6) is -1.23. The van der Waals surface area contributed by atoms with Crippen LogP contribution in [0.15, 0.2) is 60.9 Å². The number of nitrogens with one attached hydrogen (secondary N) is 1. The van der Waals surface area contributed by atoms with Crippen LogP contribution >= 0.6 is 0 Å². The fourth-order valence-corrected chi connectivity index (χ4v) is 3.34. The van der Waals surface area contributed by atoms with E-state index in [9.17, 15) is 14.0 Å². The lowest BCUT2D eigenvalue weighted by atomic mass is 10.1. The molecule has 0 fully saturated rings. The third-order valence-electron chi connectivity index (χ3n) is 5.05. The summed E-state index contributed by atoms with van der Waals surface area (Å²) in [5.41, 5.74) is 2.87. The zero-order valence-electron chi connectivity index (χ0n) is 19.1. The van der Waals surface area contributed by atoms with Crippen molar-refractivity contribution in [3.05, 3.63) is 94.8 Å². The predicted molar refractivity (Wildman–Crippen MR) is 124 cm³/mol. The first-order valence-electron chi connectivity index (χ1n) is 10.7. The Morgan fingerprint density at radius 1 is 0.848 bits per heavy atom. The molecule has 7 nitrogen and oxygen atoms in total. The zero-order chi connectivity index (χ0) is 23.8. The van der Waals surface area contributed by atoms with E-state index in [2.05, 4.69) is 20.2 Å². The van der Waals surface area contributed by atoms with Gasteiger partial charge in [0.1, 0.15) is 5.82 Å². The molecule has 1 N–H and O–H groups in total. The number of hydrogen-bond acceptors (Lipinski definition) is 5. The second-order valence-electron chi connectivity index (χ2n) is 7.94. The van der Waals surface area contributed by atoms with Crippen LogP contribution in [0.25, 0.3) is 0 Å². The third kappa shape index (κ3) is 6.66. The molecule has 3 aromatic rings. The number of carbonyl (C=O) groups excluding carboxylic acids is 2. The lowest BCUT2D eigenvalue weighted by molar-refractivity contribution is 0.0738. The summed E-state index contributed by atoms with van der Waals surface area (Å²) in [6.07, 6.45) is 2.78. The van der Waals surface area contributed by atoms with Gasteiger partial charge in [0.2, 0.25) is 0 Å². The standard InChI is InChI=1S/C25H28FN5O2/c1-4-31(17-20-7-5-19(6-8-20)16-30(2)3)25(33)23-22(27-13-14-28-23)24(32)29-15-18-9-11-21(26)12-10-18/h5-14H,4,15-17H2,1-3H3,(H,29,32). The Labute approximate surface area is 193 Å². The second kappa shape index (κ2) is 11.3. The molecule has 0 saturated carbocycles. The molecular weight excluding hydrogens is 421 g/mol. The molecule has 33 heavy (non-hydrogen) atoms. The lowest BCUT2D eigenvalue weighted by Crippen LogP contribution is -2.34. The molecule has 3 rings (SSSR count). The van der Waals surface area contributed by atoms with Gasteiger partial charge >= 0.3 is 0 Å². The predicted octanol–water partition coefficient (Wildman–Crippen LogP) is 3.27. The van der Waals surface area contributed by atoms with E-state index in [1.807, 2.05) is 45.3 Å². The molecule has 2 amide bonds. The Bertz CT molecular complexity index is 1080. The van der Waals surface area contributed by atoms with E-state index in [-0.39, 0.29) is 29.7 Å². The summed E-state index contributed by atoms with van der Waals surface area (Å²) in [6, 6.07) is 13.9. The highest BCUT2D eigenvalue weighted by Gasteiger charge is 2.24. The highest BCUT2D eigenvalue weighted by Crippen LogP contribution is 2.13. The number of nitrogens with zero attached hydrogens (tertiary/aromatic N) is 4. The molecule has 1 aromatic heterocycles. The Morgan fingerprint density at radius 3 is 1.97 bits per heavy atom. The van der Waals surface area contributed by atoms with Gasteiger partial charge in [-0.1, -0.05) is 36.4 Å². The Balaban J connectivity index is 1.71. The summed E-state index contributed by atoms with van der Waals surface area (Å²) in [5, 5.41) is 2.72. The smallest absolute Gasteiger partial charge is 0.275 e. The summed E-state index contributed by atoms with van der Waals surface area (Å²) in [4.78, 5) is 37.9. The molecule has 1 heterocycles. The average molecular weight is 450 g/mol. The molecular formula is C25H28FN5O2. The van der Waals surface area contributed by atoms with Gasteiger partial charge in [0, 0.05) is 38.6 Å². The summed E-state index contributed by atoms with van der Waals surface area (Å²) in [7, 11) is 4.03. The van der Waals surface area contributed by atoms with Crippen LogP contribution in [-0.2, 0) is 19.6 Å². The number of benzene rings is 2. The molecule has 0 aliphatic rings. The van der Waals surface area contributed by atoms with Crippen molar-refractivity contribution in [3.8, 4) is 0 Å². The number of aromatic nitrogens is 2. The van der Waals surface area contributed by atoms with Gasteiger partial charge < -0.3 is 15.1 Å². The van der Waals surface area contributed by atoms with Gasteiger partial charge in [-0.2, -0.15) is 0 Å². The van der Waals surface area contributed by atoms with Gasteiger partial charge in [0.25, 0.3) is 11.8 Å². The van der Waals surface area contributed by atoms with Crippen molar-refractivity contribution in [2.75, 3.05) is 20.6 Å². The molecule has 0 unspecified atom stereocenters. The molecule has 0 spiro atoms. The maximum Gasteiger partial charge on any atom is 0.275 e. The van der Waals surface area contributed by atoms with Gasteiger partial charge in [-0.15, -0.1) is 0 Å². The van der Waals surface area contributed by atoms with E-state index in [0.717, 1.165) is 17.7 Å². The number of carbonyl (C=O) groups is 2. The Kier molecular flexibility index (Phi) is 8.21. The molecule has 0 aliphatic heterocycles. The fraction of sp³-hybridized carbons (Fsp3) is 0.280. The van der Waals surface area contributed by atoms with Crippen LogP contribution in [0.3, 0.4) is 0 Å². The van der Waals surface area contributed by atoms with Crippen molar-refractivity contribution >= 4 is 11.8 Å². The lowest BCUT2D eigenvalue weighted by Gasteiger charge is -2.21. The van der Waals surface area contributed by atoms with Gasteiger partial charge in [-0.3, -0.25) is 9.59 Å². The van der Waals surface area contributed by atoms with Crippen LogP contribution in [-0.4, -0.2) is 52.2 Å². The quantitative estimate of drug-likeness (QED) is 0.543. The second-order valence-corrected chi connectivity index (χ2v) is 7.94. The molecule has 8 heteroatoms. The molecule has 0 aliphatic carbocycles. The first kappa shape index (κ1) is 24.0. The van der Waals surface area contributed by atoms with Gasteiger partial charge in [0.05, 0.1) is 0 Å². The van der Waals surface area contributed by atoms with Gasteiger partial charge in [0.15, 0.2) is 11.4 Å². The normalized spacial score (nSPS) is 10.8. The van der Waals surface area contributed by atoms with Crippen molar-refractivity contribution in [3.63, 3.8) is 0 Å². The monoisotopic (exact) mass is 449 g/mol. The van der Waals surface area contributed by atoms with Crippen molar-refractivity contribution in [2.45, 2.75) is 26.6 Å². The van der Waals surface area contributed by atoms with Crippen LogP contribution in [0.5, 0.6) is 0 Å². The van der Waals surface area contributed by atoms with Crippen LogP contribution < -0.4 is 5.32 Å². The first-order chi connectivity index (χ1) is 15.9. The summed E-state index contributed by atoms with van der Waals surface area (Å²) in [6.45, 7) is 3.74. The van der Waals surface area contributed by atoms with E-state index >= 15 is 0 Å². The molecule has 0 atom stereocenters. The van der Waals surface area contributed by atoms with E-state index < -0.39 is 5.91 Å². The molecule has 0 radical (unpaired) electrons. The zero-order valence-corrected chi connectivity index (χ0v) is 19.1. The largest absolute Gasteiger partial charge is 0.347 e. The number of rotatable bonds is 9. The minimum atomic E-state index is -0.514. The number of hydrogen-bond donors (Lipinski definition) is 1. The van der Waals surface area contributed by atoms with Crippen LogP contribution in [0.2, 0.25) is 0 Å². The molecule has 0 saturated heterocycles. The van der Waals surface area contributed by atoms with Crippen molar-refractivity contribution < 1.29 is 14.0 Å². The summed E-state index contributed by atoms with van der Waals surface area (Å²) >= 11 is 0. The van der Waals surface area contributed by atoms with Crippen LogP contribution in [0.4, 0.5) is 4.39 Å². The van der Waals surface area contributed by atoms with E-state index in [0.29, 0.717) is 13.1 Å². The first-order valence-corrected chi connectivity index (χ1v) is 10.7. The highest BCUT2D eigenvalue weighted by atomic mass is 19.1. The summed E-state index contributed by atoms with van der Waals surface area (Å²) < 4.78 is 13.1. The van der Waals surface area contributed by atoms with Crippen molar-refractivity contribution in [1.29, 1.82) is 0 Å². The molecule has 2 aromatic carbocycles. The fourth-order valence-electron chi connectivity index (χ4n) is 3.34. The molecule has 0 bridgehead atoms.